The van der Waals surface area contributed by atoms with Gasteiger partial charge in [-0.2, -0.15) is 0 Å². The molecule has 116 valence electrons. The minimum Gasteiger partial charge on any atom is -0.481 e. The van der Waals surface area contributed by atoms with Gasteiger partial charge in [0.2, 0.25) is 0 Å². The Hall–Kier alpha value is -2.30. The van der Waals surface area contributed by atoms with Gasteiger partial charge in [-0.05, 0) is 44.4 Å². The van der Waals surface area contributed by atoms with E-state index >= 15 is 0 Å². The molecule has 0 atom stereocenters. The van der Waals surface area contributed by atoms with Crippen molar-refractivity contribution in [2.45, 2.75) is 44.6 Å². The van der Waals surface area contributed by atoms with E-state index < -0.39 is 5.97 Å². The lowest BCUT2D eigenvalue weighted by molar-refractivity contribution is -0.137. The standard InChI is InChI=1S/C17H20N2O3/c1-12(2)18-8-9-19(16(18)22)14-5-3-4-13(10-14)17(6-7-17)11-15(20)21/h3-5,8-10,12H,6-7,11H2,1-2H3,(H,20,21). The van der Waals surface area contributed by atoms with E-state index in [9.17, 15) is 9.59 Å². The van der Waals surface area contributed by atoms with Crippen molar-refractivity contribution in [1.29, 1.82) is 0 Å². The summed E-state index contributed by atoms with van der Waals surface area (Å²) in [5, 5.41) is 9.09. The molecule has 1 aromatic carbocycles. The highest BCUT2D eigenvalue weighted by atomic mass is 16.4. The van der Waals surface area contributed by atoms with E-state index in [1.54, 1.807) is 21.5 Å². The van der Waals surface area contributed by atoms with Crippen LogP contribution < -0.4 is 5.69 Å². The van der Waals surface area contributed by atoms with Crippen LogP contribution in [0.2, 0.25) is 0 Å². The van der Waals surface area contributed by atoms with Gasteiger partial charge in [-0.1, -0.05) is 12.1 Å². The van der Waals surface area contributed by atoms with Crippen molar-refractivity contribution in [3.63, 3.8) is 0 Å². The second-order valence-electron chi connectivity index (χ2n) is 6.35. The fraction of sp³-hybridized carbons (Fsp3) is 0.412. The molecule has 0 bridgehead atoms. The lowest BCUT2D eigenvalue weighted by atomic mass is 9.92. The highest BCUT2D eigenvalue weighted by Crippen LogP contribution is 2.51. The highest BCUT2D eigenvalue weighted by molar-refractivity contribution is 5.70. The van der Waals surface area contributed by atoms with Gasteiger partial charge in [0.05, 0.1) is 12.1 Å². The molecule has 0 aliphatic heterocycles. The van der Waals surface area contributed by atoms with Gasteiger partial charge in [-0.25, -0.2) is 4.79 Å². The Labute approximate surface area is 128 Å². The summed E-state index contributed by atoms with van der Waals surface area (Å²) in [4.78, 5) is 23.5. The van der Waals surface area contributed by atoms with Crippen LogP contribution in [0.25, 0.3) is 5.69 Å². The third-order valence-electron chi connectivity index (χ3n) is 4.44. The van der Waals surface area contributed by atoms with Crippen LogP contribution in [0.4, 0.5) is 0 Å². The van der Waals surface area contributed by atoms with E-state index in [1.807, 2.05) is 38.1 Å². The van der Waals surface area contributed by atoms with Crippen LogP contribution in [-0.4, -0.2) is 20.2 Å². The maximum absolute atomic E-state index is 12.4. The summed E-state index contributed by atoms with van der Waals surface area (Å²) >= 11 is 0. The second-order valence-corrected chi connectivity index (χ2v) is 6.35. The number of carboxylic acid groups (broad SMARTS) is 1. The quantitative estimate of drug-likeness (QED) is 0.923. The number of benzene rings is 1. The Morgan fingerprint density at radius 1 is 1.32 bits per heavy atom. The number of hydrogen-bond donors (Lipinski definition) is 1. The number of carbonyl (C=O) groups is 1. The number of hydrogen-bond acceptors (Lipinski definition) is 2. The van der Waals surface area contributed by atoms with Gasteiger partial charge < -0.3 is 5.11 Å². The lowest BCUT2D eigenvalue weighted by Crippen LogP contribution is -2.24. The minimum atomic E-state index is -0.772. The van der Waals surface area contributed by atoms with Crippen molar-refractivity contribution < 1.29 is 9.90 Å². The Morgan fingerprint density at radius 3 is 2.59 bits per heavy atom. The van der Waals surface area contributed by atoms with Gasteiger partial charge in [-0.15, -0.1) is 0 Å². The van der Waals surface area contributed by atoms with E-state index in [-0.39, 0.29) is 23.6 Å². The number of aromatic nitrogens is 2. The van der Waals surface area contributed by atoms with Crippen molar-refractivity contribution in [3.05, 3.63) is 52.7 Å². The zero-order valence-corrected chi connectivity index (χ0v) is 12.8. The van der Waals surface area contributed by atoms with Crippen LogP contribution in [0.1, 0.15) is 44.7 Å². The van der Waals surface area contributed by atoms with Gasteiger partial charge in [0.25, 0.3) is 0 Å². The average Bonchev–Trinajstić information content (AvgIpc) is 3.12. The monoisotopic (exact) mass is 300 g/mol. The summed E-state index contributed by atoms with van der Waals surface area (Å²) in [6.45, 7) is 3.93. The van der Waals surface area contributed by atoms with Crippen LogP contribution in [0.3, 0.4) is 0 Å². The van der Waals surface area contributed by atoms with Crippen LogP contribution in [0.15, 0.2) is 41.5 Å². The van der Waals surface area contributed by atoms with E-state index in [4.69, 9.17) is 5.11 Å². The summed E-state index contributed by atoms with van der Waals surface area (Å²) < 4.78 is 3.29. The predicted molar refractivity (Wildman–Crippen MR) is 83.6 cm³/mol. The van der Waals surface area contributed by atoms with Crippen molar-refractivity contribution in [1.82, 2.24) is 9.13 Å². The molecule has 2 aromatic rings. The highest BCUT2D eigenvalue weighted by Gasteiger charge is 2.46. The Kier molecular flexibility index (Phi) is 3.43. The molecule has 0 spiro atoms. The average molecular weight is 300 g/mol. The first-order chi connectivity index (χ1) is 10.4. The Morgan fingerprint density at radius 2 is 2.05 bits per heavy atom. The van der Waals surface area contributed by atoms with Crippen molar-refractivity contribution in [2.24, 2.45) is 0 Å². The minimum absolute atomic E-state index is 0.0739. The van der Waals surface area contributed by atoms with Crippen LogP contribution in [0, 0.1) is 0 Å². The van der Waals surface area contributed by atoms with Crippen LogP contribution >= 0.6 is 0 Å². The van der Waals surface area contributed by atoms with Crippen LogP contribution in [0.5, 0.6) is 0 Å². The smallest absolute Gasteiger partial charge is 0.332 e. The first-order valence-electron chi connectivity index (χ1n) is 7.55. The summed E-state index contributed by atoms with van der Waals surface area (Å²) in [6.07, 6.45) is 5.48. The summed E-state index contributed by atoms with van der Waals surface area (Å²) in [7, 11) is 0. The van der Waals surface area contributed by atoms with Gasteiger partial charge >= 0.3 is 11.7 Å². The van der Waals surface area contributed by atoms with Crippen molar-refractivity contribution in [3.8, 4) is 5.69 Å². The molecule has 1 aliphatic carbocycles. The number of nitrogens with zero attached hydrogens (tertiary/aromatic N) is 2. The molecule has 1 aromatic heterocycles. The molecule has 1 fully saturated rings. The second kappa shape index (κ2) is 5.16. The fourth-order valence-corrected chi connectivity index (χ4v) is 2.97. The van der Waals surface area contributed by atoms with Crippen molar-refractivity contribution in [2.75, 3.05) is 0 Å². The van der Waals surface area contributed by atoms with Gasteiger partial charge in [0.1, 0.15) is 0 Å². The van der Waals surface area contributed by atoms with Gasteiger partial charge in [0.15, 0.2) is 0 Å². The molecule has 0 radical (unpaired) electrons. The zero-order valence-electron chi connectivity index (χ0n) is 12.8. The number of aliphatic carboxylic acids is 1. The molecule has 5 heteroatoms. The topological polar surface area (TPSA) is 64.2 Å². The molecule has 1 N–H and O–H groups in total. The van der Waals surface area contributed by atoms with Gasteiger partial charge in [-0.3, -0.25) is 13.9 Å². The van der Waals surface area contributed by atoms with E-state index in [0.29, 0.717) is 0 Å². The third-order valence-corrected chi connectivity index (χ3v) is 4.44. The fourth-order valence-electron chi connectivity index (χ4n) is 2.97. The SMILES string of the molecule is CC(C)n1ccn(-c2cccc(C3(CC(=O)O)CC3)c2)c1=O. The Balaban J connectivity index is 1.99. The normalized spacial score (nSPS) is 16.0. The lowest BCUT2D eigenvalue weighted by Gasteiger charge is -2.14. The van der Waals surface area contributed by atoms with E-state index in [2.05, 4.69) is 0 Å². The largest absolute Gasteiger partial charge is 0.481 e. The van der Waals surface area contributed by atoms with Gasteiger partial charge in [0, 0.05) is 23.9 Å². The number of imidazole rings is 1. The maximum atomic E-state index is 12.4. The maximum Gasteiger partial charge on any atom is 0.332 e. The molecular weight excluding hydrogens is 280 g/mol. The predicted octanol–water partition coefficient (Wildman–Crippen LogP) is 2.73. The van der Waals surface area contributed by atoms with Crippen LogP contribution in [-0.2, 0) is 10.2 Å². The van der Waals surface area contributed by atoms with E-state index in [1.165, 1.54) is 0 Å². The molecule has 1 heterocycles. The molecule has 3 rings (SSSR count). The molecular formula is C17H20N2O3. The summed E-state index contributed by atoms with van der Waals surface area (Å²) in [6, 6.07) is 7.79. The molecule has 1 saturated carbocycles. The molecule has 0 saturated heterocycles. The summed E-state index contributed by atoms with van der Waals surface area (Å²) in [5.41, 5.74) is 1.48. The first-order valence-corrected chi connectivity index (χ1v) is 7.55. The zero-order chi connectivity index (χ0) is 15.9. The van der Waals surface area contributed by atoms with Crippen molar-refractivity contribution >= 4 is 5.97 Å². The number of carboxylic acids is 1. The Bertz CT molecular complexity index is 766. The molecule has 22 heavy (non-hydrogen) atoms. The molecule has 0 unspecified atom stereocenters. The molecule has 5 nitrogen and oxygen atoms in total. The molecule has 1 aliphatic rings. The summed E-state index contributed by atoms with van der Waals surface area (Å²) in [5.74, 6) is -0.772. The molecule has 0 amide bonds. The number of rotatable bonds is 5. The van der Waals surface area contributed by atoms with E-state index in [0.717, 1.165) is 24.1 Å². The first kappa shape index (κ1) is 14.6. The third kappa shape index (κ3) is 2.47.